The van der Waals surface area contributed by atoms with Crippen LogP contribution in [0.4, 0.5) is 0 Å². The maximum absolute atomic E-state index is 5.93. The number of fused-ring (bicyclic) bond motifs is 1. The van der Waals surface area contributed by atoms with E-state index in [2.05, 4.69) is 4.98 Å². The molecule has 1 heterocycles. The first-order chi connectivity index (χ1) is 5.68. The molecule has 0 saturated heterocycles. The predicted molar refractivity (Wildman–Crippen MR) is 53.1 cm³/mol. The van der Waals surface area contributed by atoms with Crippen molar-refractivity contribution in [3.05, 3.63) is 33.9 Å². The number of aromatic amines is 1. The molecule has 0 amide bonds. The zero-order valence-electron chi connectivity index (χ0n) is 6.49. The first kappa shape index (κ1) is 7.96. The second-order valence-electron chi connectivity index (χ2n) is 2.75. The molecule has 12 heavy (non-hydrogen) atoms. The van der Waals surface area contributed by atoms with Crippen molar-refractivity contribution in [1.29, 1.82) is 0 Å². The van der Waals surface area contributed by atoms with Crippen molar-refractivity contribution in [3.8, 4) is 0 Å². The molecule has 62 valence electrons. The standard InChI is InChI=1S/C9H7Cl2N/c1-5-7(10)3-2-6-4-8(11)12-9(5)6/h2-4,12H,1H3. The smallest absolute Gasteiger partial charge is 0.107 e. The molecular weight excluding hydrogens is 193 g/mol. The van der Waals surface area contributed by atoms with Crippen LogP contribution in [-0.4, -0.2) is 4.98 Å². The molecule has 2 aromatic rings. The number of H-pyrrole nitrogens is 1. The Morgan fingerprint density at radius 3 is 2.75 bits per heavy atom. The maximum atomic E-state index is 5.93. The lowest BCUT2D eigenvalue weighted by atomic mass is 10.2. The van der Waals surface area contributed by atoms with Crippen molar-refractivity contribution < 1.29 is 0 Å². The van der Waals surface area contributed by atoms with Crippen molar-refractivity contribution in [2.75, 3.05) is 0 Å². The summed E-state index contributed by atoms with van der Waals surface area (Å²) in [5.74, 6) is 0. The van der Waals surface area contributed by atoms with Crippen LogP contribution in [-0.2, 0) is 0 Å². The van der Waals surface area contributed by atoms with Gasteiger partial charge in [-0.25, -0.2) is 0 Å². The van der Waals surface area contributed by atoms with E-state index in [9.17, 15) is 0 Å². The zero-order chi connectivity index (χ0) is 8.72. The van der Waals surface area contributed by atoms with Gasteiger partial charge in [0.05, 0.1) is 5.52 Å². The van der Waals surface area contributed by atoms with Gasteiger partial charge in [0.2, 0.25) is 0 Å². The van der Waals surface area contributed by atoms with Gasteiger partial charge in [-0.2, -0.15) is 0 Å². The SMILES string of the molecule is Cc1c(Cl)ccc2cc(Cl)[nH]c12. The van der Waals surface area contributed by atoms with Crippen LogP contribution in [0.5, 0.6) is 0 Å². The second kappa shape index (κ2) is 2.68. The molecule has 0 unspecified atom stereocenters. The Labute approximate surface area is 80.3 Å². The van der Waals surface area contributed by atoms with Gasteiger partial charge in [0.25, 0.3) is 0 Å². The van der Waals surface area contributed by atoms with Gasteiger partial charge in [0.15, 0.2) is 0 Å². The Kier molecular flexibility index (Phi) is 1.78. The Hall–Kier alpha value is -0.660. The summed E-state index contributed by atoms with van der Waals surface area (Å²) in [5.41, 5.74) is 2.06. The van der Waals surface area contributed by atoms with Crippen molar-refractivity contribution in [3.63, 3.8) is 0 Å². The minimum absolute atomic E-state index is 0.648. The fourth-order valence-electron chi connectivity index (χ4n) is 1.29. The van der Waals surface area contributed by atoms with Crippen molar-refractivity contribution in [1.82, 2.24) is 4.98 Å². The van der Waals surface area contributed by atoms with Crippen LogP contribution in [0.3, 0.4) is 0 Å². The van der Waals surface area contributed by atoms with Gasteiger partial charge in [-0.3, -0.25) is 0 Å². The molecule has 2 rings (SSSR count). The lowest BCUT2D eigenvalue weighted by Crippen LogP contribution is -1.77. The van der Waals surface area contributed by atoms with E-state index < -0.39 is 0 Å². The molecule has 1 nitrogen and oxygen atoms in total. The minimum Gasteiger partial charge on any atom is -0.345 e. The van der Waals surface area contributed by atoms with Crippen molar-refractivity contribution in [2.45, 2.75) is 6.92 Å². The number of halogens is 2. The molecule has 0 aliphatic rings. The monoisotopic (exact) mass is 199 g/mol. The zero-order valence-corrected chi connectivity index (χ0v) is 8.00. The Morgan fingerprint density at radius 1 is 1.25 bits per heavy atom. The molecule has 0 fully saturated rings. The van der Waals surface area contributed by atoms with Crippen LogP contribution in [0.1, 0.15) is 5.56 Å². The third kappa shape index (κ3) is 1.10. The van der Waals surface area contributed by atoms with E-state index in [1.54, 1.807) is 0 Å². The summed E-state index contributed by atoms with van der Waals surface area (Å²) in [6.45, 7) is 1.97. The molecule has 1 aromatic heterocycles. The van der Waals surface area contributed by atoms with E-state index in [1.165, 1.54) is 0 Å². The number of hydrogen-bond donors (Lipinski definition) is 1. The third-order valence-electron chi connectivity index (χ3n) is 1.96. The minimum atomic E-state index is 0.648. The first-order valence-corrected chi connectivity index (χ1v) is 4.37. The predicted octanol–water partition coefficient (Wildman–Crippen LogP) is 3.78. The molecule has 0 saturated carbocycles. The molecule has 0 aliphatic heterocycles. The summed E-state index contributed by atoms with van der Waals surface area (Å²) in [6.07, 6.45) is 0. The Morgan fingerprint density at radius 2 is 2.00 bits per heavy atom. The van der Waals surface area contributed by atoms with Crippen molar-refractivity contribution >= 4 is 34.1 Å². The topological polar surface area (TPSA) is 15.8 Å². The van der Waals surface area contributed by atoms with Crippen LogP contribution < -0.4 is 0 Å². The number of hydrogen-bond acceptors (Lipinski definition) is 0. The highest BCUT2D eigenvalue weighted by Gasteiger charge is 2.03. The van der Waals surface area contributed by atoms with Gasteiger partial charge in [0, 0.05) is 10.4 Å². The normalized spacial score (nSPS) is 10.9. The maximum Gasteiger partial charge on any atom is 0.107 e. The summed E-state index contributed by atoms with van der Waals surface area (Å²) >= 11 is 11.7. The highest BCUT2D eigenvalue weighted by Crippen LogP contribution is 2.26. The van der Waals surface area contributed by atoms with Gasteiger partial charge >= 0.3 is 0 Å². The number of aryl methyl sites for hydroxylation is 1. The average molecular weight is 200 g/mol. The van der Waals surface area contributed by atoms with Crippen LogP contribution in [0.25, 0.3) is 10.9 Å². The van der Waals surface area contributed by atoms with Crippen LogP contribution >= 0.6 is 23.2 Å². The lowest BCUT2D eigenvalue weighted by molar-refractivity contribution is 1.42. The highest BCUT2D eigenvalue weighted by atomic mass is 35.5. The molecule has 1 N–H and O–H groups in total. The number of aromatic nitrogens is 1. The fraction of sp³-hybridized carbons (Fsp3) is 0.111. The van der Waals surface area contributed by atoms with E-state index in [0.717, 1.165) is 21.5 Å². The molecule has 0 spiro atoms. The summed E-state index contributed by atoms with van der Waals surface area (Å²) < 4.78 is 0. The Bertz CT molecular complexity index is 431. The van der Waals surface area contributed by atoms with E-state index >= 15 is 0 Å². The molecule has 0 aliphatic carbocycles. The van der Waals surface area contributed by atoms with Crippen molar-refractivity contribution in [2.24, 2.45) is 0 Å². The number of benzene rings is 1. The number of nitrogens with one attached hydrogen (secondary N) is 1. The van der Waals surface area contributed by atoms with Gasteiger partial charge < -0.3 is 4.98 Å². The van der Waals surface area contributed by atoms with E-state index in [0.29, 0.717) is 5.15 Å². The van der Waals surface area contributed by atoms with E-state index in [4.69, 9.17) is 23.2 Å². The van der Waals surface area contributed by atoms with E-state index in [1.807, 2.05) is 25.1 Å². The molecule has 0 bridgehead atoms. The quantitative estimate of drug-likeness (QED) is 0.665. The highest BCUT2D eigenvalue weighted by molar-refractivity contribution is 6.33. The van der Waals surface area contributed by atoms with Gasteiger partial charge in [-0.15, -0.1) is 0 Å². The van der Waals surface area contributed by atoms with Crippen LogP contribution in [0, 0.1) is 6.92 Å². The fourth-order valence-corrected chi connectivity index (χ4v) is 1.65. The number of rotatable bonds is 0. The van der Waals surface area contributed by atoms with E-state index in [-0.39, 0.29) is 0 Å². The molecule has 1 aromatic carbocycles. The largest absolute Gasteiger partial charge is 0.345 e. The molecule has 0 radical (unpaired) electrons. The summed E-state index contributed by atoms with van der Waals surface area (Å²) in [7, 11) is 0. The average Bonchev–Trinajstić information content (AvgIpc) is 2.39. The van der Waals surface area contributed by atoms with Gasteiger partial charge in [0.1, 0.15) is 5.15 Å². The van der Waals surface area contributed by atoms with Crippen LogP contribution in [0.2, 0.25) is 10.2 Å². The lowest BCUT2D eigenvalue weighted by Gasteiger charge is -1.97. The third-order valence-corrected chi connectivity index (χ3v) is 2.57. The molecule has 3 heteroatoms. The summed E-state index contributed by atoms with van der Waals surface area (Å²) in [6, 6.07) is 5.72. The summed E-state index contributed by atoms with van der Waals surface area (Å²) in [4.78, 5) is 3.05. The molecular formula is C9H7Cl2N. The van der Waals surface area contributed by atoms with Crippen LogP contribution in [0.15, 0.2) is 18.2 Å². The summed E-state index contributed by atoms with van der Waals surface area (Å²) in [5, 5.41) is 2.51. The Balaban J connectivity index is 2.89. The first-order valence-electron chi connectivity index (χ1n) is 3.62. The molecule has 0 atom stereocenters. The van der Waals surface area contributed by atoms with Gasteiger partial charge in [-0.1, -0.05) is 29.3 Å². The second-order valence-corrected chi connectivity index (χ2v) is 3.57. The van der Waals surface area contributed by atoms with Gasteiger partial charge in [-0.05, 0) is 24.6 Å².